The summed E-state index contributed by atoms with van der Waals surface area (Å²) in [5.41, 5.74) is 0.622. The monoisotopic (exact) mass is 485 g/mol. The van der Waals surface area contributed by atoms with Crippen molar-refractivity contribution in [3.63, 3.8) is 0 Å². The van der Waals surface area contributed by atoms with E-state index in [1.807, 2.05) is 0 Å². The molecule has 1 saturated heterocycles. The zero-order chi connectivity index (χ0) is 24.1. The van der Waals surface area contributed by atoms with E-state index in [1.54, 1.807) is 36.4 Å². The van der Waals surface area contributed by atoms with Gasteiger partial charge in [0.05, 0.1) is 34.9 Å². The molecule has 0 spiro atoms. The summed E-state index contributed by atoms with van der Waals surface area (Å²) in [7, 11) is -3.85. The molecule has 1 atom stereocenters. The van der Waals surface area contributed by atoms with Crippen LogP contribution in [0.2, 0.25) is 0 Å². The number of amides is 2. The number of carbonyl (C=O) groups excluding carboxylic acids is 2. The van der Waals surface area contributed by atoms with Crippen molar-refractivity contribution in [1.82, 2.24) is 9.62 Å². The number of carbonyl (C=O) groups is 2. The Morgan fingerprint density at radius 1 is 1.06 bits per heavy atom. The number of hydrogen-bond acceptors (Lipinski definition) is 5. The SMILES string of the molecule is O=C(NCc1ccco1)c1ccccc1NC(=O)C1CCCN(S(=O)(=O)c2ccc(F)cc2)C1. The fraction of sp³-hybridized carbons (Fsp3) is 0.250. The van der Waals surface area contributed by atoms with Crippen molar-refractivity contribution in [2.24, 2.45) is 5.92 Å². The summed E-state index contributed by atoms with van der Waals surface area (Å²) in [5.74, 6) is -1.27. The molecule has 1 aromatic heterocycles. The molecule has 1 unspecified atom stereocenters. The van der Waals surface area contributed by atoms with Crippen LogP contribution in [0.25, 0.3) is 0 Å². The first-order chi connectivity index (χ1) is 16.3. The highest BCUT2D eigenvalue weighted by Crippen LogP contribution is 2.26. The van der Waals surface area contributed by atoms with Gasteiger partial charge in [-0.2, -0.15) is 4.31 Å². The van der Waals surface area contributed by atoms with E-state index in [0.29, 0.717) is 24.3 Å². The number of rotatable bonds is 7. The molecule has 8 nitrogen and oxygen atoms in total. The molecular formula is C24H24FN3O5S. The van der Waals surface area contributed by atoms with Crippen LogP contribution in [0.15, 0.2) is 76.2 Å². The standard InChI is InChI=1S/C24H24FN3O5S/c25-18-9-11-20(12-10-18)34(31,32)28-13-3-5-17(16-28)23(29)27-22-8-2-1-7-21(22)24(30)26-15-19-6-4-14-33-19/h1-2,4,6-12,14,17H,3,5,13,15-16H2,(H,26,30)(H,27,29). The molecule has 3 aromatic rings. The molecule has 4 rings (SSSR count). The maximum absolute atomic E-state index is 13.2. The Balaban J connectivity index is 1.43. The van der Waals surface area contributed by atoms with Gasteiger partial charge in [-0.15, -0.1) is 0 Å². The van der Waals surface area contributed by atoms with Crippen LogP contribution in [0.3, 0.4) is 0 Å². The second-order valence-electron chi connectivity index (χ2n) is 7.95. The number of halogens is 1. The minimum Gasteiger partial charge on any atom is -0.467 e. The average Bonchev–Trinajstić information content (AvgIpc) is 3.37. The number of para-hydroxylation sites is 1. The molecule has 0 saturated carbocycles. The number of hydrogen-bond donors (Lipinski definition) is 2. The number of anilines is 1. The van der Waals surface area contributed by atoms with Crippen LogP contribution >= 0.6 is 0 Å². The van der Waals surface area contributed by atoms with Crippen molar-refractivity contribution in [3.8, 4) is 0 Å². The van der Waals surface area contributed by atoms with Gasteiger partial charge in [-0.05, 0) is 61.4 Å². The van der Waals surface area contributed by atoms with Crippen molar-refractivity contribution in [1.29, 1.82) is 0 Å². The van der Waals surface area contributed by atoms with Crippen molar-refractivity contribution in [3.05, 3.63) is 84.1 Å². The van der Waals surface area contributed by atoms with Crippen molar-refractivity contribution in [2.75, 3.05) is 18.4 Å². The molecular weight excluding hydrogens is 461 g/mol. The lowest BCUT2D eigenvalue weighted by Gasteiger charge is -2.31. The van der Waals surface area contributed by atoms with E-state index in [-0.39, 0.29) is 41.9 Å². The Morgan fingerprint density at radius 2 is 1.82 bits per heavy atom. The number of furan rings is 1. The van der Waals surface area contributed by atoms with Gasteiger partial charge in [-0.3, -0.25) is 9.59 Å². The highest BCUT2D eigenvalue weighted by Gasteiger charge is 2.33. The molecule has 178 valence electrons. The number of nitrogens with one attached hydrogen (secondary N) is 2. The minimum absolute atomic E-state index is 0.00159. The Morgan fingerprint density at radius 3 is 2.56 bits per heavy atom. The second-order valence-corrected chi connectivity index (χ2v) is 9.89. The Bertz CT molecular complexity index is 1260. The van der Waals surface area contributed by atoms with Crippen molar-refractivity contribution in [2.45, 2.75) is 24.3 Å². The Hall–Kier alpha value is -3.50. The van der Waals surface area contributed by atoms with Gasteiger partial charge in [0.1, 0.15) is 11.6 Å². The van der Waals surface area contributed by atoms with Crippen molar-refractivity contribution >= 4 is 27.5 Å². The molecule has 0 radical (unpaired) electrons. The molecule has 2 heterocycles. The zero-order valence-corrected chi connectivity index (χ0v) is 19.1. The van der Waals surface area contributed by atoms with Crippen LogP contribution in [0.5, 0.6) is 0 Å². The van der Waals surface area contributed by atoms with Crippen LogP contribution in [0, 0.1) is 11.7 Å². The van der Waals surface area contributed by atoms with Gasteiger partial charge in [-0.25, -0.2) is 12.8 Å². The van der Waals surface area contributed by atoms with Crippen LogP contribution in [-0.4, -0.2) is 37.6 Å². The highest BCUT2D eigenvalue weighted by atomic mass is 32.2. The van der Waals surface area contributed by atoms with E-state index in [1.165, 1.54) is 22.7 Å². The van der Waals surface area contributed by atoms with E-state index < -0.39 is 21.8 Å². The molecule has 0 bridgehead atoms. The molecule has 1 aliphatic rings. The molecule has 0 aliphatic carbocycles. The van der Waals surface area contributed by atoms with Gasteiger partial charge in [0, 0.05) is 13.1 Å². The highest BCUT2D eigenvalue weighted by molar-refractivity contribution is 7.89. The van der Waals surface area contributed by atoms with E-state index in [0.717, 1.165) is 12.1 Å². The molecule has 2 amide bonds. The quantitative estimate of drug-likeness (QED) is 0.533. The van der Waals surface area contributed by atoms with E-state index in [2.05, 4.69) is 10.6 Å². The summed E-state index contributed by atoms with van der Waals surface area (Å²) >= 11 is 0. The predicted molar refractivity (Wildman–Crippen MR) is 123 cm³/mol. The summed E-state index contributed by atoms with van der Waals surface area (Å²) in [6, 6.07) is 14.7. The third kappa shape index (κ3) is 5.35. The van der Waals surface area contributed by atoms with Crippen molar-refractivity contribution < 1.29 is 26.8 Å². The fourth-order valence-corrected chi connectivity index (χ4v) is 5.35. The zero-order valence-electron chi connectivity index (χ0n) is 18.2. The molecule has 1 aliphatic heterocycles. The Labute approximate surface area is 196 Å². The van der Waals surface area contributed by atoms with Gasteiger partial charge >= 0.3 is 0 Å². The van der Waals surface area contributed by atoms with E-state index >= 15 is 0 Å². The number of sulfonamides is 1. The van der Waals surface area contributed by atoms with Crippen LogP contribution < -0.4 is 10.6 Å². The van der Waals surface area contributed by atoms with Crippen LogP contribution in [0.1, 0.15) is 29.0 Å². The van der Waals surface area contributed by atoms with Gasteiger partial charge < -0.3 is 15.1 Å². The number of benzene rings is 2. The summed E-state index contributed by atoms with van der Waals surface area (Å²) < 4.78 is 45.6. The predicted octanol–water partition coefficient (Wildman–Crippen LogP) is 3.39. The summed E-state index contributed by atoms with van der Waals surface area (Å²) in [6.07, 6.45) is 2.53. The maximum atomic E-state index is 13.2. The summed E-state index contributed by atoms with van der Waals surface area (Å²) in [6.45, 7) is 0.473. The lowest BCUT2D eigenvalue weighted by atomic mass is 9.98. The molecule has 2 N–H and O–H groups in total. The average molecular weight is 486 g/mol. The van der Waals surface area contributed by atoms with Crippen LogP contribution in [-0.2, 0) is 21.4 Å². The number of piperidine rings is 1. The molecule has 10 heteroatoms. The Kier molecular flexibility index (Phi) is 7.09. The fourth-order valence-electron chi connectivity index (χ4n) is 3.83. The van der Waals surface area contributed by atoms with Gasteiger partial charge in [0.25, 0.3) is 5.91 Å². The first-order valence-electron chi connectivity index (χ1n) is 10.8. The van der Waals surface area contributed by atoms with Gasteiger partial charge in [0.15, 0.2) is 0 Å². The minimum atomic E-state index is -3.85. The third-order valence-corrected chi connectivity index (χ3v) is 7.52. The second kappa shape index (κ2) is 10.2. The normalized spacial score (nSPS) is 16.7. The summed E-state index contributed by atoms with van der Waals surface area (Å²) in [5, 5.41) is 5.52. The first-order valence-corrected chi connectivity index (χ1v) is 12.2. The van der Waals surface area contributed by atoms with Crippen LogP contribution in [0.4, 0.5) is 10.1 Å². The number of nitrogens with zero attached hydrogens (tertiary/aromatic N) is 1. The lowest BCUT2D eigenvalue weighted by molar-refractivity contribution is -0.120. The first kappa shape index (κ1) is 23.7. The van der Waals surface area contributed by atoms with Gasteiger partial charge in [-0.1, -0.05) is 12.1 Å². The van der Waals surface area contributed by atoms with E-state index in [4.69, 9.17) is 4.42 Å². The smallest absolute Gasteiger partial charge is 0.253 e. The van der Waals surface area contributed by atoms with Gasteiger partial charge in [0.2, 0.25) is 15.9 Å². The maximum Gasteiger partial charge on any atom is 0.253 e. The molecule has 2 aromatic carbocycles. The summed E-state index contributed by atoms with van der Waals surface area (Å²) in [4.78, 5) is 25.7. The molecule has 1 fully saturated rings. The topological polar surface area (TPSA) is 109 Å². The third-order valence-electron chi connectivity index (χ3n) is 5.64. The van der Waals surface area contributed by atoms with E-state index in [9.17, 15) is 22.4 Å². The lowest BCUT2D eigenvalue weighted by Crippen LogP contribution is -2.43. The largest absolute Gasteiger partial charge is 0.467 e. The molecule has 34 heavy (non-hydrogen) atoms.